The van der Waals surface area contributed by atoms with Gasteiger partial charge in [0.1, 0.15) is 5.82 Å². The summed E-state index contributed by atoms with van der Waals surface area (Å²) >= 11 is 3.24. The topological polar surface area (TPSA) is 48.7 Å². The fourth-order valence-electron chi connectivity index (χ4n) is 0.911. The molecule has 72 valence electrons. The summed E-state index contributed by atoms with van der Waals surface area (Å²) in [7, 11) is 0. The van der Waals surface area contributed by atoms with Crippen molar-refractivity contribution in [1.82, 2.24) is 4.98 Å². The lowest BCUT2D eigenvalue weighted by Crippen LogP contribution is -2.02. The average Bonchev–Trinajstić information content (AvgIpc) is 2.17. The number of anilines is 1. The predicted molar refractivity (Wildman–Crippen MR) is 60.1 cm³/mol. The Labute approximate surface area is 91.6 Å². The Balaban J connectivity index is 2.56. The second-order valence-corrected chi connectivity index (χ2v) is 3.88. The number of rotatable bonds is 4. The molecule has 0 aromatic carbocycles. The molecule has 0 fully saturated rings. The number of nitriles is 1. The minimum atomic E-state index is 0.401. The van der Waals surface area contributed by atoms with E-state index in [0.29, 0.717) is 13.0 Å². The number of hydrogen-bond acceptors (Lipinski definition) is 3. The Morgan fingerprint density at radius 1 is 1.64 bits per heavy atom. The van der Waals surface area contributed by atoms with Gasteiger partial charge in [0.25, 0.3) is 0 Å². The highest BCUT2D eigenvalue weighted by atomic mass is 79.9. The van der Waals surface area contributed by atoms with Crippen molar-refractivity contribution in [3.05, 3.63) is 35.0 Å². The summed E-state index contributed by atoms with van der Waals surface area (Å²) in [5, 5.41) is 11.5. The molecule has 1 aromatic rings. The average molecular weight is 252 g/mol. The van der Waals surface area contributed by atoms with Crippen LogP contribution in [0, 0.1) is 11.3 Å². The molecular weight excluding hydrogens is 242 g/mol. The molecule has 0 atom stereocenters. The molecule has 14 heavy (non-hydrogen) atoms. The van der Waals surface area contributed by atoms with Crippen LogP contribution in [0.25, 0.3) is 0 Å². The number of nitrogens with one attached hydrogen (secondary N) is 1. The molecular formula is C10H10BrN3. The van der Waals surface area contributed by atoms with Crippen molar-refractivity contribution in [2.75, 3.05) is 11.9 Å². The maximum absolute atomic E-state index is 8.45. The number of hydrogen-bond donors (Lipinski definition) is 1. The molecule has 0 saturated heterocycles. The first kappa shape index (κ1) is 10.7. The smallest absolute Gasteiger partial charge is 0.126 e. The first-order valence-electron chi connectivity index (χ1n) is 4.11. The summed E-state index contributed by atoms with van der Waals surface area (Å²) in [5.74, 6) is 0.785. The molecule has 0 saturated carbocycles. The van der Waals surface area contributed by atoms with Crippen LogP contribution in [0.3, 0.4) is 0 Å². The van der Waals surface area contributed by atoms with Gasteiger partial charge in [0, 0.05) is 17.2 Å². The minimum absolute atomic E-state index is 0.401. The lowest BCUT2D eigenvalue weighted by atomic mass is 10.2. The van der Waals surface area contributed by atoms with Crippen LogP contribution < -0.4 is 5.32 Å². The van der Waals surface area contributed by atoms with Crippen molar-refractivity contribution in [3.8, 4) is 6.07 Å². The zero-order chi connectivity index (χ0) is 10.4. The maximum atomic E-state index is 8.45. The largest absolute Gasteiger partial charge is 0.365 e. The normalized spacial score (nSPS) is 9.14. The molecule has 1 heterocycles. The van der Waals surface area contributed by atoms with Gasteiger partial charge in [0.15, 0.2) is 0 Å². The second kappa shape index (κ2) is 5.40. The van der Waals surface area contributed by atoms with Gasteiger partial charge in [0.05, 0.1) is 12.5 Å². The Morgan fingerprint density at radius 3 is 2.93 bits per heavy atom. The summed E-state index contributed by atoms with van der Waals surface area (Å²) in [6, 6.07) is 5.81. The predicted octanol–water partition coefficient (Wildman–Crippen LogP) is 2.47. The van der Waals surface area contributed by atoms with Crippen LogP contribution in [0.2, 0.25) is 0 Å². The molecule has 3 nitrogen and oxygen atoms in total. The third-order valence-corrected chi connectivity index (χ3v) is 1.85. The number of halogens is 1. The molecule has 0 spiro atoms. The van der Waals surface area contributed by atoms with Crippen molar-refractivity contribution < 1.29 is 0 Å². The van der Waals surface area contributed by atoms with E-state index in [1.807, 2.05) is 12.1 Å². The molecule has 0 aliphatic rings. The third kappa shape index (κ3) is 3.58. The standard InChI is InChI=1S/C10H10BrN3/c1-8(11)6-13-10-3-2-9(4-5-12)7-14-10/h2-3,7H,1,4,6H2,(H,13,14). The maximum Gasteiger partial charge on any atom is 0.126 e. The lowest BCUT2D eigenvalue weighted by Gasteiger charge is -2.03. The molecule has 0 unspecified atom stereocenters. The van der Waals surface area contributed by atoms with Gasteiger partial charge in [-0.1, -0.05) is 28.6 Å². The molecule has 1 N–H and O–H groups in total. The summed E-state index contributed by atoms with van der Waals surface area (Å²) in [5.41, 5.74) is 0.927. The van der Waals surface area contributed by atoms with Crippen molar-refractivity contribution in [2.45, 2.75) is 6.42 Å². The Bertz CT molecular complexity index is 351. The van der Waals surface area contributed by atoms with Gasteiger partial charge in [-0.3, -0.25) is 0 Å². The first-order valence-corrected chi connectivity index (χ1v) is 4.90. The zero-order valence-electron chi connectivity index (χ0n) is 7.63. The highest BCUT2D eigenvalue weighted by molar-refractivity contribution is 9.11. The SMILES string of the molecule is C=C(Br)CNc1ccc(CC#N)cn1. The van der Waals surface area contributed by atoms with Crippen molar-refractivity contribution in [3.63, 3.8) is 0 Å². The van der Waals surface area contributed by atoms with E-state index in [1.54, 1.807) is 6.20 Å². The van der Waals surface area contributed by atoms with Crippen LogP contribution in [0.1, 0.15) is 5.56 Å². The van der Waals surface area contributed by atoms with Gasteiger partial charge in [-0.15, -0.1) is 0 Å². The van der Waals surface area contributed by atoms with Gasteiger partial charge in [-0.25, -0.2) is 4.98 Å². The van der Waals surface area contributed by atoms with Crippen LogP contribution in [0.4, 0.5) is 5.82 Å². The van der Waals surface area contributed by atoms with Crippen LogP contribution in [0.5, 0.6) is 0 Å². The Hall–Kier alpha value is -1.34. The Kier molecular flexibility index (Phi) is 4.14. The zero-order valence-corrected chi connectivity index (χ0v) is 9.21. The third-order valence-electron chi connectivity index (χ3n) is 1.57. The van der Waals surface area contributed by atoms with Gasteiger partial charge in [-0.2, -0.15) is 5.26 Å². The van der Waals surface area contributed by atoms with Crippen LogP contribution in [0.15, 0.2) is 29.4 Å². The van der Waals surface area contributed by atoms with E-state index in [4.69, 9.17) is 5.26 Å². The highest BCUT2D eigenvalue weighted by Crippen LogP contribution is 2.07. The monoisotopic (exact) mass is 251 g/mol. The summed E-state index contributed by atoms with van der Waals surface area (Å²) < 4.78 is 0.875. The van der Waals surface area contributed by atoms with E-state index >= 15 is 0 Å². The molecule has 1 rings (SSSR count). The first-order chi connectivity index (χ1) is 6.72. The fraction of sp³-hybridized carbons (Fsp3) is 0.200. The van der Waals surface area contributed by atoms with Crippen molar-refractivity contribution in [1.29, 1.82) is 5.26 Å². The molecule has 0 bridgehead atoms. The van der Waals surface area contributed by atoms with Gasteiger partial charge >= 0.3 is 0 Å². The van der Waals surface area contributed by atoms with E-state index in [1.165, 1.54) is 0 Å². The van der Waals surface area contributed by atoms with E-state index in [2.05, 4.69) is 38.9 Å². The number of nitrogens with zero attached hydrogens (tertiary/aromatic N) is 2. The molecule has 0 aliphatic heterocycles. The van der Waals surface area contributed by atoms with Crippen LogP contribution in [-0.2, 0) is 6.42 Å². The van der Waals surface area contributed by atoms with Crippen molar-refractivity contribution in [2.24, 2.45) is 0 Å². The van der Waals surface area contributed by atoms with E-state index in [9.17, 15) is 0 Å². The molecule has 4 heteroatoms. The van der Waals surface area contributed by atoms with E-state index < -0.39 is 0 Å². The van der Waals surface area contributed by atoms with Crippen LogP contribution >= 0.6 is 15.9 Å². The number of aromatic nitrogens is 1. The van der Waals surface area contributed by atoms with E-state index in [0.717, 1.165) is 15.9 Å². The molecule has 1 aromatic heterocycles. The van der Waals surface area contributed by atoms with Gasteiger partial charge < -0.3 is 5.32 Å². The minimum Gasteiger partial charge on any atom is -0.365 e. The fourth-order valence-corrected chi connectivity index (χ4v) is 1.05. The lowest BCUT2D eigenvalue weighted by molar-refractivity contribution is 1.16. The molecule has 0 aliphatic carbocycles. The summed E-state index contributed by atoms with van der Waals surface area (Å²) in [6.07, 6.45) is 2.10. The van der Waals surface area contributed by atoms with Gasteiger partial charge in [-0.05, 0) is 11.6 Å². The summed E-state index contributed by atoms with van der Waals surface area (Å²) in [6.45, 7) is 4.34. The molecule has 0 amide bonds. The molecule has 0 radical (unpaired) electrons. The Morgan fingerprint density at radius 2 is 2.43 bits per heavy atom. The quantitative estimate of drug-likeness (QED) is 0.895. The summed E-state index contributed by atoms with van der Waals surface area (Å²) in [4.78, 5) is 4.15. The van der Waals surface area contributed by atoms with Crippen LogP contribution in [-0.4, -0.2) is 11.5 Å². The second-order valence-electron chi connectivity index (χ2n) is 2.76. The van der Waals surface area contributed by atoms with Gasteiger partial charge in [0.2, 0.25) is 0 Å². The van der Waals surface area contributed by atoms with E-state index in [-0.39, 0.29) is 0 Å². The van der Waals surface area contributed by atoms with Crippen molar-refractivity contribution >= 4 is 21.7 Å². The number of pyridine rings is 1. The highest BCUT2D eigenvalue weighted by Gasteiger charge is 1.95.